The Labute approximate surface area is 197 Å². The molecule has 188 valence electrons. The fraction of sp³-hybridized carbons (Fsp3) is 0.478. The molecule has 2 atom stereocenters. The molecule has 1 aliphatic heterocycles. The molecule has 0 amide bonds. The zero-order valence-electron chi connectivity index (χ0n) is 18.9. The van der Waals surface area contributed by atoms with Crippen LogP contribution in [0.3, 0.4) is 0 Å². The van der Waals surface area contributed by atoms with E-state index in [9.17, 15) is 34.4 Å². The molecule has 3 rings (SSSR count). The Morgan fingerprint density at radius 2 is 1.74 bits per heavy atom. The van der Waals surface area contributed by atoms with Crippen molar-refractivity contribution in [2.75, 3.05) is 12.9 Å². The molecule has 0 radical (unpaired) electrons. The van der Waals surface area contributed by atoms with Crippen molar-refractivity contribution in [1.82, 2.24) is 0 Å². The first-order valence-corrected chi connectivity index (χ1v) is 14.0. The summed E-state index contributed by atoms with van der Waals surface area (Å²) in [5, 5.41) is 0. The van der Waals surface area contributed by atoms with Gasteiger partial charge in [-0.15, -0.1) is 0 Å². The average molecular weight is 523 g/mol. The van der Waals surface area contributed by atoms with Gasteiger partial charge in [0.2, 0.25) is 0 Å². The molecule has 1 fully saturated rings. The van der Waals surface area contributed by atoms with Crippen molar-refractivity contribution in [3.05, 3.63) is 58.9 Å². The minimum Gasteiger partial charge on any atom is -0.373 e. The fourth-order valence-corrected chi connectivity index (χ4v) is 6.65. The van der Waals surface area contributed by atoms with Crippen molar-refractivity contribution < 1.29 is 39.1 Å². The molecule has 11 heteroatoms. The van der Waals surface area contributed by atoms with Crippen molar-refractivity contribution in [3.63, 3.8) is 0 Å². The lowest BCUT2D eigenvalue weighted by atomic mass is 9.92. The number of alkyl halides is 3. The van der Waals surface area contributed by atoms with Gasteiger partial charge in [0.25, 0.3) is 0 Å². The van der Waals surface area contributed by atoms with Crippen LogP contribution < -0.4 is 0 Å². The van der Waals surface area contributed by atoms with Gasteiger partial charge in [0.15, 0.2) is 19.7 Å². The van der Waals surface area contributed by atoms with E-state index >= 15 is 0 Å². The quantitative estimate of drug-likeness (QED) is 0.381. The molecule has 0 N–H and O–H groups in total. The van der Waals surface area contributed by atoms with Gasteiger partial charge in [0.05, 0.1) is 26.2 Å². The molecule has 34 heavy (non-hydrogen) atoms. The lowest BCUT2D eigenvalue weighted by molar-refractivity contribution is -0.137. The summed E-state index contributed by atoms with van der Waals surface area (Å²) in [4.78, 5) is -0.594. The standard InChI is InChI=1S/C23H26F4O5S2/c1-4-5-15-10-16(23(25,26)27)12-18(11-15)34(30,31)22(2)8-9-32-21(14-22)19-13-17(33(3,28)29)6-7-20(19)24/h6-7,10-13,21H,4-5,8-9,14H2,1-3H3. The predicted molar refractivity (Wildman–Crippen MR) is 118 cm³/mol. The average Bonchev–Trinajstić information content (AvgIpc) is 2.72. The molecule has 0 aliphatic carbocycles. The highest BCUT2D eigenvalue weighted by Crippen LogP contribution is 2.44. The Kier molecular flexibility index (Phi) is 7.23. The molecule has 2 aromatic rings. The minimum absolute atomic E-state index is 0.0153. The van der Waals surface area contributed by atoms with E-state index in [4.69, 9.17) is 4.74 Å². The van der Waals surface area contributed by atoms with Crippen molar-refractivity contribution in [3.8, 4) is 0 Å². The third-order valence-electron chi connectivity index (χ3n) is 6.10. The highest BCUT2D eigenvalue weighted by atomic mass is 32.2. The van der Waals surface area contributed by atoms with Crippen molar-refractivity contribution in [2.24, 2.45) is 0 Å². The molecule has 2 unspecified atom stereocenters. The van der Waals surface area contributed by atoms with Crippen LogP contribution in [0, 0.1) is 5.82 Å². The van der Waals surface area contributed by atoms with Gasteiger partial charge >= 0.3 is 6.18 Å². The van der Waals surface area contributed by atoms with Crippen LogP contribution in [0.4, 0.5) is 17.6 Å². The Hall–Kier alpha value is -1.98. The van der Waals surface area contributed by atoms with Gasteiger partial charge in [-0.3, -0.25) is 0 Å². The SMILES string of the molecule is CCCc1cc(C(F)(F)F)cc(S(=O)(=O)C2(C)CCOC(c3cc(S(C)(=O)=O)ccc3F)C2)c1. The van der Waals surface area contributed by atoms with E-state index in [-0.39, 0.29) is 41.9 Å². The highest BCUT2D eigenvalue weighted by Gasteiger charge is 2.46. The topological polar surface area (TPSA) is 77.5 Å². The zero-order valence-corrected chi connectivity index (χ0v) is 20.6. The number of sulfone groups is 2. The number of hydrogen-bond donors (Lipinski definition) is 0. The van der Waals surface area contributed by atoms with Crippen molar-refractivity contribution in [1.29, 1.82) is 0 Å². The Bertz CT molecular complexity index is 1290. The van der Waals surface area contributed by atoms with Gasteiger partial charge in [-0.2, -0.15) is 13.2 Å². The maximum Gasteiger partial charge on any atom is 0.416 e. The number of halogens is 4. The summed E-state index contributed by atoms with van der Waals surface area (Å²) in [6, 6.07) is 6.02. The minimum atomic E-state index is -4.72. The van der Waals surface area contributed by atoms with Crippen LogP contribution in [0.15, 0.2) is 46.2 Å². The third-order valence-corrected chi connectivity index (χ3v) is 9.74. The molecule has 0 spiro atoms. The van der Waals surface area contributed by atoms with Gasteiger partial charge < -0.3 is 4.74 Å². The first-order chi connectivity index (χ1) is 15.6. The largest absolute Gasteiger partial charge is 0.416 e. The maximum atomic E-state index is 14.6. The Balaban J connectivity index is 2.06. The van der Waals surface area contributed by atoms with Crippen LogP contribution in [0.5, 0.6) is 0 Å². The van der Waals surface area contributed by atoms with E-state index in [1.54, 1.807) is 6.92 Å². The number of aryl methyl sites for hydroxylation is 1. The molecular formula is C23H26F4O5S2. The third kappa shape index (κ3) is 5.31. The zero-order chi connectivity index (χ0) is 25.5. The van der Waals surface area contributed by atoms with Crippen molar-refractivity contribution in [2.45, 2.75) is 66.3 Å². The first-order valence-electron chi connectivity index (χ1n) is 10.7. The van der Waals surface area contributed by atoms with Crippen LogP contribution in [0.2, 0.25) is 0 Å². The number of rotatable bonds is 6. The summed E-state index contributed by atoms with van der Waals surface area (Å²) in [6.07, 6.45) is -4.31. The summed E-state index contributed by atoms with van der Waals surface area (Å²) >= 11 is 0. The molecular weight excluding hydrogens is 496 g/mol. The van der Waals surface area contributed by atoms with E-state index in [0.29, 0.717) is 12.5 Å². The second kappa shape index (κ2) is 9.23. The molecule has 0 saturated carbocycles. The summed E-state index contributed by atoms with van der Waals surface area (Å²) in [7, 11) is -7.96. The second-order valence-electron chi connectivity index (χ2n) is 8.84. The maximum absolute atomic E-state index is 14.6. The number of benzene rings is 2. The second-order valence-corrected chi connectivity index (χ2v) is 13.3. The molecule has 1 heterocycles. The van der Waals surface area contributed by atoms with Crippen LogP contribution in [-0.4, -0.2) is 34.4 Å². The van der Waals surface area contributed by atoms with Gasteiger partial charge in [-0.1, -0.05) is 13.3 Å². The summed E-state index contributed by atoms with van der Waals surface area (Å²) in [6.45, 7) is 3.08. The van der Waals surface area contributed by atoms with Crippen LogP contribution >= 0.6 is 0 Å². The molecule has 1 saturated heterocycles. The smallest absolute Gasteiger partial charge is 0.373 e. The van der Waals surface area contributed by atoms with E-state index in [1.807, 2.05) is 0 Å². The van der Waals surface area contributed by atoms with Crippen molar-refractivity contribution >= 4 is 19.7 Å². The van der Waals surface area contributed by atoms with E-state index < -0.39 is 53.0 Å². The Morgan fingerprint density at radius 3 is 2.32 bits per heavy atom. The lowest BCUT2D eigenvalue weighted by Crippen LogP contribution is -2.42. The molecule has 0 aromatic heterocycles. The van der Waals surface area contributed by atoms with Gasteiger partial charge in [0.1, 0.15) is 5.82 Å². The van der Waals surface area contributed by atoms with E-state index in [2.05, 4.69) is 0 Å². The van der Waals surface area contributed by atoms with Crippen LogP contribution in [-0.2, 0) is 37.0 Å². The van der Waals surface area contributed by atoms with E-state index in [0.717, 1.165) is 30.5 Å². The molecule has 0 bridgehead atoms. The number of hydrogen-bond acceptors (Lipinski definition) is 5. The monoisotopic (exact) mass is 522 g/mol. The van der Waals surface area contributed by atoms with Crippen LogP contribution in [0.1, 0.15) is 55.9 Å². The van der Waals surface area contributed by atoms with Crippen LogP contribution in [0.25, 0.3) is 0 Å². The van der Waals surface area contributed by atoms with Gasteiger partial charge in [-0.05, 0) is 68.1 Å². The summed E-state index contributed by atoms with van der Waals surface area (Å²) in [5.41, 5.74) is -0.897. The Morgan fingerprint density at radius 1 is 1.06 bits per heavy atom. The summed E-state index contributed by atoms with van der Waals surface area (Å²) in [5.74, 6) is -0.761. The normalized spacial score (nSPS) is 22.0. The van der Waals surface area contributed by atoms with E-state index in [1.165, 1.54) is 13.0 Å². The first kappa shape index (κ1) is 26.6. The number of ether oxygens (including phenoxy) is 1. The molecule has 1 aliphatic rings. The fourth-order valence-electron chi connectivity index (χ4n) is 4.11. The lowest BCUT2D eigenvalue weighted by Gasteiger charge is -2.38. The summed E-state index contributed by atoms with van der Waals surface area (Å²) < 4.78 is 110. The highest BCUT2D eigenvalue weighted by molar-refractivity contribution is 7.92. The molecule has 2 aromatic carbocycles. The molecule has 5 nitrogen and oxygen atoms in total. The van der Waals surface area contributed by atoms with Gasteiger partial charge in [0, 0.05) is 18.4 Å². The predicted octanol–water partition coefficient (Wildman–Crippen LogP) is 5.28. The van der Waals surface area contributed by atoms with Gasteiger partial charge in [-0.25, -0.2) is 21.2 Å².